The van der Waals surface area contributed by atoms with Crippen molar-refractivity contribution in [3.8, 4) is 0 Å². The molecule has 2 amide bonds. The van der Waals surface area contributed by atoms with Crippen molar-refractivity contribution >= 4 is 12.0 Å². The van der Waals surface area contributed by atoms with Crippen LogP contribution in [-0.4, -0.2) is 42.6 Å². The van der Waals surface area contributed by atoms with Gasteiger partial charge in [-0.2, -0.15) is 0 Å². The van der Waals surface area contributed by atoms with E-state index in [0.717, 1.165) is 12.1 Å². The predicted octanol–water partition coefficient (Wildman–Crippen LogP) is 2.32. The van der Waals surface area contributed by atoms with Crippen LogP contribution in [0.1, 0.15) is 30.1 Å². The van der Waals surface area contributed by atoms with Gasteiger partial charge in [-0.05, 0) is 31.9 Å². The van der Waals surface area contributed by atoms with Gasteiger partial charge in [-0.1, -0.05) is 6.07 Å². The number of likely N-dealkylation sites (tertiary alicyclic amines) is 1. The first-order valence-corrected chi connectivity index (χ1v) is 7.19. The third-order valence-corrected chi connectivity index (χ3v) is 3.55. The maximum Gasteiger partial charge on any atom is 0.409 e. The lowest BCUT2D eigenvalue weighted by Gasteiger charge is -2.31. The van der Waals surface area contributed by atoms with Crippen LogP contribution in [0.5, 0.6) is 0 Å². The van der Waals surface area contributed by atoms with Crippen molar-refractivity contribution in [3.63, 3.8) is 0 Å². The number of ether oxygens (including phenoxy) is 1. The lowest BCUT2D eigenvalue weighted by molar-refractivity contribution is 0.0854. The van der Waals surface area contributed by atoms with E-state index in [2.05, 4.69) is 5.32 Å². The molecule has 0 spiro atoms. The summed E-state index contributed by atoms with van der Waals surface area (Å²) in [5.41, 5.74) is -0.574. The standard InChI is InChI=1S/C15H18F2N2O3/c1-2-22-15(21)19-8-6-10(7-9-19)18-14(20)13-11(16)4-3-5-12(13)17/h3-5,10H,2,6-9H2,1H3,(H,18,20). The van der Waals surface area contributed by atoms with Gasteiger partial charge < -0.3 is 15.0 Å². The van der Waals surface area contributed by atoms with E-state index in [0.29, 0.717) is 32.5 Å². The molecule has 1 heterocycles. The molecule has 0 aromatic heterocycles. The summed E-state index contributed by atoms with van der Waals surface area (Å²) in [5.74, 6) is -2.55. The molecule has 2 rings (SSSR count). The number of carbonyl (C=O) groups is 2. The fourth-order valence-corrected chi connectivity index (χ4v) is 2.39. The quantitative estimate of drug-likeness (QED) is 0.932. The molecule has 0 bridgehead atoms. The van der Waals surface area contributed by atoms with Gasteiger partial charge in [0.15, 0.2) is 0 Å². The number of benzene rings is 1. The van der Waals surface area contributed by atoms with Gasteiger partial charge >= 0.3 is 6.09 Å². The van der Waals surface area contributed by atoms with Crippen LogP contribution in [0.25, 0.3) is 0 Å². The van der Waals surface area contributed by atoms with E-state index in [1.807, 2.05) is 0 Å². The van der Waals surface area contributed by atoms with Crippen LogP contribution in [0, 0.1) is 11.6 Å². The minimum absolute atomic E-state index is 0.225. The van der Waals surface area contributed by atoms with E-state index in [-0.39, 0.29) is 12.1 Å². The predicted molar refractivity (Wildman–Crippen MR) is 75.4 cm³/mol. The van der Waals surface area contributed by atoms with Crippen LogP contribution in [0.4, 0.5) is 13.6 Å². The van der Waals surface area contributed by atoms with E-state index in [1.165, 1.54) is 6.07 Å². The molecule has 120 valence electrons. The zero-order chi connectivity index (χ0) is 16.1. The number of hydrogen-bond acceptors (Lipinski definition) is 3. The summed E-state index contributed by atoms with van der Waals surface area (Å²) in [7, 11) is 0. The van der Waals surface area contributed by atoms with Gasteiger partial charge in [-0.25, -0.2) is 13.6 Å². The Labute approximate surface area is 127 Å². The summed E-state index contributed by atoms with van der Waals surface area (Å²) >= 11 is 0. The maximum absolute atomic E-state index is 13.5. The Kier molecular flexibility index (Phi) is 5.30. The number of carbonyl (C=O) groups excluding carboxylic acids is 2. The molecule has 1 aromatic carbocycles. The van der Waals surface area contributed by atoms with Crippen molar-refractivity contribution in [2.75, 3.05) is 19.7 Å². The molecule has 0 saturated carbocycles. The topological polar surface area (TPSA) is 58.6 Å². The molecule has 22 heavy (non-hydrogen) atoms. The fraction of sp³-hybridized carbons (Fsp3) is 0.467. The van der Waals surface area contributed by atoms with Crippen LogP contribution >= 0.6 is 0 Å². The highest BCUT2D eigenvalue weighted by Gasteiger charge is 2.26. The maximum atomic E-state index is 13.5. The SMILES string of the molecule is CCOC(=O)N1CCC(NC(=O)c2c(F)cccc2F)CC1. The van der Waals surface area contributed by atoms with Crippen LogP contribution in [0.15, 0.2) is 18.2 Å². The third kappa shape index (κ3) is 3.72. The van der Waals surface area contributed by atoms with Gasteiger partial charge in [0.2, 0.25) is 0 Å². The molecule has 1 aliphatic heterocycles. The summed E-state index contributed by atoms with van der Waals surface area (Å²) in [6, 6.07) is 3.07. The highest BCUT2D eigenvalue weighted by atomic mass is 19.1. The molecule has 0 aliphatic carbocycles. The molecule has 0 unspecified atom stereocenters. The molecule has 1 saturated heterocycles. The molecule has 5 nitrogen and oxygen atoms in total. The molecular formula is C15H18F2N2O3. The number of halogens is 2. The van der Waals surface area contributed by atoms with Crippen molar-refractivity contribution in [2.24, 2.45) is 0 Å². The van der Waals surface area contributed by atoms with Crippen molar-refractivity contribution in [2.45, 2.75) is 25.8 Å². The first-order chi connectivity index (χ1) is 10.5. The van der Waals surface area contributed by atoms with E-state index in [4.69, 9.17) is 4.74 Å². The van der Waals surface area contributed by atoms with Crippen molar-refractivity contribution in [1.82, 2.24) is 10.2 Å². The Bertz CT molecular complexity index is 537. The second-order valence-corrected chi connectivity index (χ2v) is 5.03. The van der Waals surface area contributed by atoms with E-state index < -0.39 is 23.1 Å². The molecule has 7 heteroatoms. The average molecular weight is 312 g/mol. The summed E-state index contributed by atoms with van der Waals surface area (Å²) in [4.78, 5) is 25.1. The zero-order valence-corrected chi connectivity index (χ0v) is 12.3. The second kappa shape index (κ2) is 7.20. The van der Waals surface area contributed by atoms with E-state index >= 15 is 0 Å². The molecule has 1 fully saturated rings. The number of hydrogen-bond donors (Lipinski definition) is 1. The Morgan fingerprint density at radius 3 is 2.41 bits per heavy atom. The Balaban J connectivity index is 1.91. The monoisotopic (exact) mass is 312 g/mol. The normalized spacial score (nSPS) is 15.5. The third-order valence-electron chi connectivity index (χ3n) is 3.55. The number of rotatable bonds is 3. The molecule has 1 aliphatic rings. The largest absolute Gasteiger partial charge is 0.450 e. The smallest absolute Gasteiger partial charge is 0.409 e. The minimum atomic E-state index is -0.888. The van der Waals surface area contributed by atoms with E-state index in [9.17, 15) is 18.4 Å². The number of amides is 2. The highest BCUT2D eigenvalue weighted by molar-refractivity contribution is 5.94. The number of nitrogens with one attached hydrogen (secondary N) is 1. The van der Waals surface area contributed by atoms with Crippen molar-refractivity contribution in [3.05, 3.63) is 35.4 Å². The average Bonchev–Trinajstić information content (AvgIpc) is 2.48. The van der Waals surface area contributed by atoms with Crippen LogP contribution in [0.2, 0.25) is 0 Å². The van der Waals surface area contributed by atoms with Crippen molar-refractivity contribution in [1.29, 1.82) is 0 Å². The fourth-order valence-electron chi connectivity index (χ4n) is 2.39. The van der Waals surface area contributed by atoms with Crippen LogP contribution in [-0.2, 0) is 4.74 Å². The Morgan fingerprint density at radius 1 is 1.27 bits per heavy atom. The van der Waals surface area contributed by atoms with Crippen molar-refractivity contribution < 1.29 is 23.1 Å². The van der Waals surface area contributed by atoms with Gasteiger partial charge in [0.1, 0.15) is 17.2 Å². The first-order valence-electron chi connectivity index (χ1n) is 7.19. The van der Waals surface area contributed by atoms with Crippen LogP contribution in [0.3, 0.4) is 0 Å². The summed E-state index contributed by atoms with van der Waals surface area (Å²) in [5, 5.41) is 2.61. The number of piperidine rings is 1. The lowest BCUT2D eigenvalue weighted by Crippen LogP contribution is -2.47. The lowest BCUT2D eigenvalue weighted by atomic mass is 10.0. The molecule has 0 radical (unpaired) electrons. The van der Waals surface area contributed by atoms with Gasteiger partial charge in [-0.15, -0.1) is 0 Å². The summed E-state index contributed by atoms with van der Waals surface area (Å²) in [6.45, 7) is 2.91. The minimum Gasteiger partial charge on any atom is -0.450 e. The molecular weight excluding hydrogens is 294 g/mol. The molecule has 0 atom stereocenters. The summed E-state index contributed by atoms with van der Waals surface area (Å²) in [6.07, 6.45) is 0.647. The number of nitrogens with zero attached hydrogens (tertiary/aromatic N) is 1. The molecule has 1 N–H and O–H groups in total. The summed E-state index contributed by atoms with van der Waals surface area (Å²) < 4.78 is 32.0. The Morgan fingerprint density at radius 2 is 1.86 bits per heavy atom. The zero-order valence-electron chi connectivity index (χ0n) is 12.3. The van der Waals surface area contributed by atoms with Gasteiger partial charge in [0.25, 0.3) is 5.91 Å². The highest BCUT2D eigenvalue weighted by Crippen LogP contribution is 2.15. The molecule has 1 aromatic rings. The Hall–Kier alpha value is -2.18. The van der Waals surface area contributed by atoms with Gasteiger partial charge in [0, 0.05) is 19.1 Å². The van der Waals surface area contributed by atoms with E-state index in [1.54, 1.807) is 11.8 Å². The van der Waals surface area contributed by atoms with Crippen LogP contribution < -0.4 is 5.32 Å². The van der Waals surface area contributed by atoms with Gasteiger partial charge in [-0.3, -0.25) is 4.79 Å². The second-order valence-electron chi connectivity index (χ2n) is 5.03. The van der Waals surface area contributed by atoms with Gasteiger partial charge in [0.05, 0.1) is 6.61 Å². The first kappa shape index (κ1) is 16.2.